The number of aryl methyl sites for hydroxylation is 1. The van der Waals surface area contributed by atoms with Gasteiger partial charge in [0.15, 0.2) is 0 Å². The van der Waals surface area contributed by atoms with E-state index in [2.05, 4.69) is 161 Å². The molecule has 0 amide bonds. The van der Waals surface area contributed by atoms with Crippen molar-refractivity contribution >= 4 is 68.1 Å². The Bertz CT molecular complexity index is 2330. The number of hydrogen-bond donors (Lipinski definition) is 0. The number of benzene rings is 6. The van der Waals surface area contributed by atoms with Gasteiger partial charge in [0, 0.05) is 45.1 Å². The molecule has 2 aliphatic heterocycles. The molecule has 0 saturated carbocycles. The third-order valence-corrected chi connectivity index (χ3v) is 10.6. The summed E-state index contributed by atoms with van der Waals surface area (Å²) in [6.07, 6.45) is 4.65. The number of nitrogens with zero attached hydrogens (tertiary/aromatic N) is 3. The van der Waals surface area contributed by atoms with Crippen molar-refractivity contribution in [3.05, 3.63) is 156 Å². The molecule has 0 unspecified atom stereocenters. The molecule has 0 bridgehead atoms. The SMILES string of the molecule is Cc1cc2c3c(c1)N(c1cccc4ccccc14)c1ccccc1B3c1c(c3c(n1-c1ccccc1)CCCC3)N2c1ccccc1. The average molecular weight is 604 g/mol. The molecule has 7 aromatic rings. The van der Waals surface area contributed by atoms with E-state index in [-0.39, 0.29) is 6.71 Å². The van der Waals surface area contributed by atoms with Crippen LogP contribution < -0.4 is 26.3 Å². The van der Waals surface area contributed by atoms with Gasteiger partial charge in [-0.25, -0.2) is 0 Å². The smallest absolute Gasteiger partial charge is 0.273 e. The van der Waals surface area contributed by atoms with Crippen molar-refractivity contribution in [2.24, 2.45) is 0 Å². The van der Waals surface area contributed by atoms with Gasteiger partial charge in [-0.2, -0.15) is 0 Å². The zero-order valence-corrected chi connectivity index (χ0v) is 26.5. The highest BCUT2D eigenvalue weighted by Crippen LogP contribution is 2.48. The number of aromatic nitrogens is 1. The minimum absolute atomic E-state index is 0.0868. The highest BCUT2D eigenvalue weighted by molar-refractivity contribution is 7.00. The van der Waals surface area contributed by atoms with Gasteiger partial charge < -0.3 is 14.4 Å². The summed E-state index contributed by atoms with van der Waals surface area (Å²) in [6.45, 7) is 2.35. The van der Waals surface area contributed by atoms with Crippen molar-refractivity contribution in [3.63, 3.8) is 0 Å². The first-order valence-electron chi connectivity index (χ1n) is 17.0. The van der Waals surface area contributed by atoms with Gasteiger partial charge in [0.25, 0.3) is 6.71 Å². The zero-order chi connectivity index (χ0) is 31.1. The molecule has 10 rings (SSSR count). The third-order valence-electron chi connectivity index (χ3n) is 10.6. The summed E-state index contributed by atoms with van der Waals surface area (Å²) in [5.41, 5.74) is 17.3. The van der Waals surface area contributed by atoms with Crippen LogP contribution in [0.4, 0.5) is 34.1 Å². The Labute approximate surface area is 276 Å². The quantitative estimate of drug-likeness (QED) is 0.187. The lowest BCUT2D eigenvalue weighted by atomic mass is 9.34. The van der Waals surface area contributed by atoms with Gasteiger partial charge in [0.05, 0.1) is 11.4 Å². The molecule has 4 heteroatoms. The molecule has 47 heavy (non-hydrogen) atoms. The van der Waals surface area contributed by atoms with Gasteiger partial charge in [-0.05, 0) is 109 Å². The Morgan fingerprint density at radius 2 is 1.19 bits per heavy atom. The lowest BCUT2D eigenvalue weighted by Gasteiger charge is -2.44. The highest BCUT2D eigenvalue weighted by Gasteiger charge is 2.47. The molecule has 0 fully saturated rings. The first-order chi connectivity index (χ1) is 23.3. The van der Waals surface area contributed by atoms with Crippen LogP contribution in [-0.4, -0.2) is 11.3 Å². The first-order valence-corrected chi connectivity index (χ1v) is 17.0. The Hall–Kier alpha value is -5.48. The molecular formula is C43H34BN3. The number of anilines is 6. The first kappa shape index (κ1) is 26.7. The molecular weight excluding hydrogens is 569 g/mol. The molecule has 6 aromatic carbocycles. The average Bonchev–Trinajstić information content (AvgIpc) is 3.47. The van der Waals surface area contributed by atoms with Crippen LogP contribution >= 0.6 is 0 Å². The summed E-state index contributed by atoms with van der Waals surface area (Å²) in [6, 6.07) is 51.7. The van der Waals surface area contributed by atoms with E-state index >= 15 is 0 Å². The van der Waals surface area contributed by atoms with E-state index in [9.17, 15) is 0 Å². The normalized spacial score (nSPS) is 14.4. The fourth-order valence-corrected chi connectivity index (χ4v) is 8.74. The molecule has 0 N–H and O–H groups in total. The predicted molar refractivity (Wildman–Crippen MR) is 199 cm³/mol. The van der Waals surface area contributed by atoms with E-state index < -0.39 is 0 Å². The zero-order valence-electron chi connectivity index (χ0n) is 26.5. The van der Waals surface area contributed by atoms with Gasteiger partial charge in [0.2, 0.25) is 0 Å². The van der Waals surface area contributed by atoms with E-state index in [0.717, 1.165) is 12.8 Å². The van der Waals surface area contributed by atoms with Gasteiger partial charge in [-0.1, -0.05) is 91.0 Å². The Balaban J connectivity index is 1.37. The maximum atomic E-state index is 2.65. The molecule has 1 aromatic heterocycles. The maximum Gasteiger partial charge on any atom is 0.273 e. The summed E-state index contributed by atoms with van der Waals surface area (Å²) in [5, 5.41) is 2.52. The van der Waals surface area contributed by atoms with Crippen molar-refractivity contribution in [2.45, 2.75) is 32.6 Å². The van der Waals surface area contributed by atoms with Crippen LogP contribution in [0.25, 0.3) is 16.5 Å². The highest BCUT2D eigenvalue weighted by atomic mass is 15.2. The van der Waals surface area contributed by atoms with Crippen LogP contribution in [0, 0.1) is 6.92 Å². The fraction of sp³-hybridized carbons (Fsp3) is 0.116. The van der Waals surface area contributed by atoms with Crippen LogP contribution in [0.2, 0.25) is 0 Å². The van der Waals surface area contributed by atoms with Crippen molar-refractivity contribution < 1.29 is 0 Å². The van der Waals surface area contributed by atoms with E-state index in [4.69, 9.17) is 0 Å². The largest absolute Gasteiger partial charge is 0.323 e. The summed E-state index contributed by atoms with van der Waals surface area (Å²) < 4.78 is 2.65. The molecule has 0 saturated heterocycles. The fourth-order valence-electron chi connectivity index (χ4n) is 8.74. The van der Waals surface area contributed by atoms with Crippen molar-refractivity contribution in [1.82, 2.24) is 4.57 Å². The van der Waals surface area contributed by atoms with E-state index in [0.29, 0.717) is 0 Å². The van der Waals surface area contributed by atoms with Gasteiger partial charge in [-0.15, -0.1) is 0 Å². The second-order valence-electron chi connectivity index (χ2n) is 13.3. The molecule has 3 heterocycles. The van der Waals surface area contributed by atoms with Crippen LogP contribution in [0.15, 0.2) is 140 Å². The van der Waals surface area contributed by atoms with Gasteiger partial charge in [-0.3, -0.25) is 0 Å². The van der Waals surface area contributed by atoms with Gasteiger partial charge in [0.1, 0.15) is 0 Å². The van der Waals surface area contributed by atoms with Crippen LogP contribution in [0.3, 0.4) is 0 Å². The Morgan fingerprint density at radius 1 is 0.553 bits per heavy atom. The molecule has 3 aliphatic rings. The second-order valence-corrected chi connectivity index (χ2v) is 13.3. The lowest BCUT2D eigenvalue weighted by Crippen LogP contribution is -2.63. The van der Waals surface area contributed by atoms with Crippen LogP contribution in [-0.2, 0) is 12.8 Å². The van der Waals surface area contributed by atoms with Crippen molar-refractivity contribution in [3.8, 4) is 5.69 Å². The number of fused-ring (bicyclic) bond motifs is 7. The Kier molecular flexibility index (Phi) is 5.84. The third kappa shape index (κ3) is 3.82. The standard InChI is InChI=1S/C43H34BN3/c1-29-27-39-41-40(28-29)47(36-26-14-16-30-15-8-9-21-33(30)36)38-25-13-11-23-35(38)44(41)43-42(45(39)31-17-4-2-5-18-31)34-22-10-12-24-37(34)46(43)32-19-6-3-7-20-32/h2-9,11,13-21,23,25-28H,10,12,22,24H2,1H3. The minimum atomic E-state index is 0.0868. The lowest BCUT2D eigenvalue weighted by molar-refractivity contribution is 0.664. The summed E-state index contributed by atoms with van der Waals surface area (Å²) in [7, 11) is 0. The van der Waals surface area contributed by atoms with Crippen LogP contribution in [0.1, 0.15) is 29.7 Å². The van der Waals surface area contributed by atoms with Crippen molar-refractivity contribution in [1.29, 1.82) is 0 Å². The molecule has 224 valence electrons. The topological polar surface area (TPSA) is 11.4 Å². The molecule has 3 nitrogen and oxygen atoms in total. The monoisotopic (exact) mass is 603 g/mol. The second kappa shape index (κ2) is 10.3. The summed E-state index contributed by atoms with van der Waals surface area (Å²) in [4.78, 5) is 5.15. The number of hydrogen-bond acceptors (Lipinski definition) is 2. The van der Waals surface area contributed by atoms with Gasteiger partial charge >= 0.3 is 0 Å². The van der Waals surface area contributed by atoms with Crippen LogP contribution in [0.5, 0.6) is 0 Å². The molecule has 0 radical (unpaired) electrons. The molecule has 0 spiro atoms. The summed E-state index contributed by atoms with van der Waals surface area (Å²) >= 11 is 0. The number of para-hydroxylation sites is 3. The van der Waals surface area contributed by atoms with E-state index in [1.165, 1.54) is 96.8 Å². The van der Waals surface area contributed by atoms with Crippen molar-refractivity contribution in [2.75, 3.05) is 9.80 Å². The predicted octanol–water partition coefficient (Wildman–Crippen LogP) is 8.90. The number of rotatable bonds is 3. The maximum absolute atomic E-state index is 2.65. The minimum Gasteiger partial charge on any atom is -0.323 e. The Morgan fingerprint density at radius 3 is 2.02 bits per heavy atom. The van der Waals surface area contributed by atoms with E-state index in [1.807, 2.05) is 0 Å². The summed E-state index contributed by atoms with van der Waals surface area (Å²) in [5.74, 6) is 0. The van der Waals surface area contributed by atoms with E-state index in [1.54, 1.807) is 0 Å². The molecule has 0 atom stereocenters. The molecule has 1 aliphatic carbocycles.